The molecule has 0 aromatic carbocycles. The van der Waals surface area contributed by atoms with Crippen LogP contribution in [0.5, 0.6) is 0 Å². The minimum absolute atomic E-state index is 0.745. The molecule has 0 spiro atoms. The van der Waals surface area contributed by atoms with Crippen LogP contribution in [0.2, 0.25) is 0 Å². The molecule has 2 fully saturated rings. The largest absolute Gasteiger partial charge is 0.315 e. The van der Waals surface area contributed by atoms with Crippen LogP contribution in [0.25, 0.3) is 0 Å². The highest BCUT2D eigenvalue weighted by atomic mass is 15.3. The molecule has 0 aromatic rings. The SMILES string of the molecule is CC1CCNCC(C)N1C1CC1. The Bertz CT molecular complexity index is 142. The molecule has 0 aromatic heterocycles. The standard InChI is InChI=1S/C10H20N2/c1-8-5-6-11-7-9(2)12(8)10-3-4-10/h8-11H,3-7H2,1-2H3. The molecule has 2 aliphatic rings. The highest BCUT2D eigenvalue weighted by Gasteiger charge is 2.35. The van der Waals surface area contributed by atoms with E-state index in [-0.39, 0.29) is 0 Å². The summed E-state index contributed by atoms with van der Waals surface area (Å²) in [6, 6.07) is 2.47. The fourth-order valence-electron chi connectivity index (χ4n) is 2.40. The fraction of sp³-hybridized carbons (Fsp3) is 1.00. The maximum absolute atomic E-state index is 3.50. The second kappa shape index (κ2) is 3.35. The van der Waals surface area contributed by atoms with Crippen molar-refractivity contribution in [2.45, 2.75) is 51.2 Å². The van der Waals surface area contributed by atoms with Crippen LogP contribution in [0.1, 0.15) is 33.1 Å². The van der Waals surface area contributed by atoms with Crippen LogP contribution in [-0.2, 0) is 0 Å². The Morgan fingerprint density at radius 1 is 1.08 bits per heavy atom. The van der Waals surface area contributed by atoms with Gasteiger partial charge >= 0.3 is 0 Å². The fourth-order valence-corrected chi connectivity index (χ4v) is 2.40. The summed E-state index contributed by atoms with van der Waals surface area (Å²) in [6.45, 7) is 7.12. The first-order valence-electron chi connectivity index (χ1n) is 5.27. The molecule has 2 unspecified atom stereocenters. The molecular weight excluding hydrogens is 148 g/mol. The van der Waals surface area contributed by atoms with Crippen molar-refractivity contribution in [2.75, 3.05) is 13.1 Å². The third kappa shape index (κ3) is 1.64. The summed E-state index contributed by atoms with van der Waals surface area (Å²) in [7, 11) is 0. The van der Waals surface area contributed by atoms with Gasteiger partial charge < -0.3 is 5.32 Å². The van der Waals surface area contributed by atoms with Gasteiger partial charge in [-0.2, -0.15) is 0 Å². The molecule has 0 radical (unpaired) electrons. The zero-order chi connectivity index (χ0) is 8.55. The van der Waals surface area contributed by atoms with Crippen molar-refractivity contribution < 1.29 is 0 Å². The normalized spacial score (nSPS) is 39.5. The van der Waals surface area contributed by atoms with Crippen molar-refractivity contribution >= 4 is 0 Å². The lowest BCUT2D eigenvalue weighted by molar-refractivity contribution is 0.153. The molecule has 0 bridgehead atoms. The smallest absolute Gasteiger partial charge is 0.0198 e. The molecule has 0 amide bonds. The Morgan fingerprint density at radius 2 is 1.83 bits per heavy atom. The van der Waals surface area contributed by atoms with Crippen LogP contribution in [0.4, 0.5) is 0 Å². The first kappa shape index (κ1) is 8.52. The zero-order valence-electron chi connectivity index (χ0n) is 8.21. The van der Waals surface area contributed by atoms with E-state index in [1.54, 1.807) is 0 Å². The van der Waals surface area contributed by atoms with Crippen molar-refractivity contribution in [1.82, 2.24) is 10.2 Å². The van der Waals surface area contributed by atoms with Crippen LogP contribution in [0, 0.1) is 0 Å². The van der Waals surface area contributed by atoms with Gasteiger partial charge in [-0.3, -0.25) is 4.90 Å². The first-order valence-corrected chi connectivity index (χ1v) is 5.27. The summed E-state index contributed by atoms with van der Waals surface area (Å²) in [4.78, 5) is 2.72. The number of nitrogens with zero attached hydrogens (tertiary/aromatic N) is 1. The predicted molar refractivity (Wildman–Crippen MR) is 51.3 cm³/mol. The van der Waals surface area contributed by atoms with Gasteiger partial charge in [0.05, 0.1) is 0 Å². The molecular formula is C10H20N2. The van der Waals surface area contributed by atoms with Gasteiger partial charge in [-0.15, -0.1) is 0 Å². The minimum atomic E-state index is 0.745. The van der Waals surface area contributed by atoms with Crippen molar-refractivity contribution in [1.29, 1.82) is 0 Å². The van der Waals surface area contributed by atoms with Gasteiger partial charge in [-0.1, -0.05) is 0 Å². The van der Waals surface area contributed by atoms with E-state index in [9.17, 15) is 0 Å². The molecule has 1 aliphatic heterocycles. The van der Waals surface area contributed by atoms with E-state index in [2.05, 4.69) is 24.1 Å². The van der Waals surface area contributed by atoms with Crippen molar-refractivity contribution in [2.24, 2.45) is 0 Å². The summed E-state index contributed by atoms with van der Waals surface area (Å²) in [6.07, 6.45) is 4.20. The van der Waals surface area contributed by atoms with Crippen LogP contribution in [0.15, 0.2) is 0 Å². The van der Waals surface area contributed by atoms with Crippen molar-refractivity contribution in [3.8, 4) is 0 Å². The van der Waals surface area contributed by atoms with Crippen LogP contribution in [0.3, 0.4) is 0 Å². The van der Waals surface area contributed by atoms with Crippen LogP contribution < -0.4 is 5.32 Å². The highest BCUT2D eigenvalue weighted by molar-refractivity contribution is 4.92. The molecule has 1 saturated carbocycles. The van der Waals surface area contributed by atoms with E-state index < -0.39 is 0 Å². The van der Waals surface area contributed by atoms with E-state index >= 15 is 0 Å². The van der Waals surface area contributed by atoms with E-state index in [0.717, 1.165) is 18.1 Å². The van der Waals surface area contributed by atoms with E-state index in [1.165, 1.54) is 32.4 Å². The molecule has 1 saturated heterocycles. The molecule has 1 heterocycles. The van der Waals surface area contributed by atoms with E-state index in [0.29, 0.717) is 0 Å². The summed E-state index contributed by atoms with van der Waals surface area (Å²) in [5.74, 6) is 0. The number of hydrogen-bond acceptors (Lipinski definition) is 2. The summed E-state index contributed by atoms with van der Waals surface area (Å²) in [5, 5.41) is 3.50. The summed E-state index contributed by atoms with van der Waals surface area (Å²) < 4.78 is 0. The lowest BCUT2D eigenvalue weighted by atomic mass is 10.1. The quantitative estimate of drug-likeness (QED) is 0.633. The third-order valence-corrected chi connectivity index (χ3v) is 3.17. The summed E-state index contributed by atoms with van der Waals surface area (Å²) in [5.41, 5.74) is 0. The molecule has 2 nitrogen and oxygen atoms in total. The molecule has 2 heteroatoms. The van der Waals surface area contributed by atoms with Gasteiger partial charge in [0.25, 0.3) is 0 Å². The predicted octanol–water partition coefficient (Wildman–Crippen LogP) is 1.22. The Labute approximate surface area is 75.3 Å². The minimum Gasteiger partial charge on any atom is -0.315 e. The second-order valence-electron chi connectivity index (χ2n) is 4.37. The van der Waals surface area contributed by atoms with Gasteiger partial charge in [0.1, 0.15) is 0 Å². The third-order valence-electron chi connectivity index (χ3n) is 3.17. The molecule has 1 N–H and O–H groups in total. The maximum atomic E-state index is 3.50. The van der Waals surface area contributed by atoms with Gasteiger partial charge in [0, 0.05) is 24.7 Å². The Kier molecular flexibility index (Phi) is 2.37. The second-order valence-corrected chi connectivity index (χ2v) is 4.37. The highest BCUT2D eigenvalue weighted by Crippen LogP contribution is 2.31. The molecule has 70 valence electrons. The molecule has 12 heavy (non-hydrogen) atoms. The van der Waals surface area contributed by atoms with Gasteiger partial charge in [-0.05, 0) is 39.7 Å². The number of nitrogens with one attached hydrogen (secondary N) is 1. The zero-order valence-corrected chi connectivity index (χ0v) is 8.21. The average Bonchev–Trinajstić information content (AvgIpc) is 2.80. The van der Waals surface area contributed by atoms with Gasteiger partial charge in [0.15, 0.2) is 0 Å². The molecule has 2 atom stereocenters. The van der Waals surface area contributed by atoms with Crippen molar-refractivity contribution in [3.05, 3.63) is 0 Å². The Hall–Kier alpha value is -0.0800. The molecule has 2 rings (SSSR count). The number of rotatable bonds is 1. The van der Waals surface area contributed by atoms with Crippen LogP contribution in [-0.4, -0.2) is 36.1 Å². The topological polar surface area (TPSA) is 15.3 Å². The number of hydrogen-bond donors (Lipinski definition) is 1. The first-order chi connectivity index (χ1) is 5.79. The van der Waals surface area contributed by atoms with E-state index in [1.807, 2.05) is 0 Å². The van der Waals surface area contributed by atoms with E-state index in [4.69, 9.17) is 0 Å². The lowest BCUT2D eigenvalue weighted by Crippen LogP contribution is -2.43. The summed E-state index contributed by atoms with van der Waals surface area (Å²) >= 11 is 0. The monoisotopic (exact) mass is 168 g/mol. The molecule has 1 aliphatic carbocycles. The van der Waals surface area contributed by atoms with Crippen LogP contribution >= 0.6 is 0 Å². The van der Waals surface area contributed by atoms with Crippen molar-refractivity contribution in [3.63, 3.8) is 0 Å². The Morgan fingerprint density at radius 3 is 2.50 bits per heavy atom. The van der Waals surface area contributed by atoms with Gasteiger partial charge in [0.2, 0.25) is 0 Å². The average molecular weight is 168 g/mol. The van der Waals surface area contributed by atoms with Gasteiger partial charge in [-0.25, -0.2) is 0 Å². The lowest BCUT2D eigenvalue weighted by Gasteiger charge is -2.32. The maximum Gasteiger partial charge on any atom is 0.0198 e. The Balaban J connectivity index is 2.01.